The molecule has 2 N–H and O–H groups in total. The molecule has 6 nitrogen and oxygen atoms in total. The summed E-state index contributed by atoms with van der Waals surface area (Å²) in [7, 11) is 0. The van der Waals surface area contributed by atoms with E-state index in [1.165, 1.54) is 0 Å². The maximum absolute atomic E-state index is 8.95. The summed E-state index contributed by atoms with van der Waals surface area (Å²) < 4.78 is 0. The molecule has 6 heteroatoms. The molecule has 0 amide bonds. The summed E-state index contributed by atoms with van der Waals surface area (Å²) in [6, 6.07) is 9.51. The van der Waals surface area contributed by atoms with Gasteiger partial charge in [0.15, 0.2) is 0 Å². The van der Waals surface area contributed by atoms with Crippen molar-refractivity contribution in [2.24, 2.45) is 0 Å². The maximum Gasteiger partial charge on any atom is 0.129 e. The molecule has 0 saturated carbocycles. The standard InChI is InChI=1S/C15H16N6/c16-10-12-3-4-18-15(9-12)21-7-5-20(6-8-21)14-2-1-13(17)11-19-14/h1-4,9,11H,5-8,17H2. The van der Waals surface area contributed by atoms with Crippen molar-refractivity contribution >= 4 is 17.3 Å². The van der Waals surface area contributed by atoms with Gasteiger partial charge in [0, 0.05) is 32.4 Å². The van der Waals surface area contributed by atoms with Gasteiger partial charge in [-0.25, -0.2) is 9.97 Å². The summed E-state index contributed by atoms with van der Waals surface area (Å²) in [5.74, 6) is 1.81. The van der Waals surface area contributed by atoms with Crippen LogP contribution in [0.2, 0.25) is 0 Å². The summed E-state index contributed by atoms with van der Waals surface area (Å²) in [6.07, 6.45) is 3.36. The first kappa shape index (κ1) is 13.2. The highest BCUT2D eigenvalue weighted by Gasteiger charge is 2.19. The van der Waals surface area contributed by atoms with Crippen LogP contribution in [0.25, 0.3) is 0 Å². The molecule has 0 aromatic carbocycles. The van der Waals surface area contributed by atoms with E-state index in [2.05, 4.69) is 25.8 Å². The number of aromatic nitrogens is 2. The maximum atomic E-state index is 8.95. The number of piperazine rings is 1. The highest BCUT2D eigenvalue weighted by atomic mass is 15.3. The van der Waals surface area contributed by atoms with Crippen molar-refractivity contribution in [3.8, 4) is 6.07 Å². The molecule has 2 aromatic rings. The third-order valence-corrected chi connectivity index (χ3v) is 3.57. The molecular weight excluding hydrogens is 264 g/mol. The Bertz CT molecular complexity index is 653. The normalized spacial score (nSPS) is 14.8. The monoisotopic (exact) mass is 280 g/mol. The van der Waals surface area contributed by atoms with Gasteiger partial charge in [-0.05, 0) is 24.3 Å². The average Bonchev–Trinajstić information content (AvgIpc) is 2.56. The van der Waals surface area contributed by atoms with Crippen molar-refractivity contribution in [1.29, 1.82) is 5.26 Å². The number of nitrogens with zero attached hydrogens (tertiary/aromatic N) is 5. The van der Waals surface area contributed by atoms with Crippen LogP contribution in [0.1, 0.15) is 5.56 Å². The van der Waals surface area contributed by atoms with Crippen molar-refractivity contribution in [2.45, 2.75) is 0 Å². The highest BCUT2D eigenvalue weighted by molar-refractivity contribution is 5.49. The second-order valence-corrected chi connectivity index (χ2v) is 4.94. The van der Waals surface area contributed by atoms with E-state index in [9.17, 15) is 0 Å². The minimum atomic E-state index is 0.641. The molecule has 0 spiro atoms. The number of nitrogen functional groups attached to an aromatic ring is 1. The van der Waals surface area contributed by atoms with E-state index in [1.54, 1.807) is 18.5 Å². The summed E-state index contributed by atoms with van der Waals surface area (Å²) in [5, 5.41) is 8.95. The Hall–Kier alpha value is -2.81. The lowest BCUT2D eigenvalue weighted by molar-refractivity contribution is 0.642. The number of anilines is 3. The molecule has 106 valence electrons. The van der Waals surface area contributed by atoms with E-state index in [4.69, 9.17) is 11.0 Å². The molecule has 3 rings (SSSR count). The Balaban J connectivity index is 1.67. The summed E-state index contributed by atoms with van der Waals surface area (Å²) in [5.41, 5.74) is 6.97. The Morgan fingerprint density at radius 3 is 2.33 bits per heavy atom. The van der Waals surface area contributed by atoms with Crippen molar-refractivity contribution in [2.75, 3.05) is 41.7 Å². The van der Waals surface area contributed by atoms with E-state index in [1.807, 2.05) is 18.2 Å². The SMILES string of the molecule is N#Cc1ccnc(N2CCN(c3ccc(N)cn3)CC2)c1. The largest absolute Gasteiger partial charge is 0.397 e. The third-order valence-electron chi connectivity index (χ3n) is 3.57. The molecule has 1 aliphatic rings. The smallest absolute Gasteiger partial charge is 0.129 e. The predicted octanol–water partition coefficient (Wildman–Crippen LogP) is 1.26. The van der Waals surface area contributed by atoms with E-state index < -0.39 is 0 Å². The lowest BCUT2D eigenvalue weighted by Gasteiger charge is -2.36. The minimum absolute atomic E-state index is 0.641. The molecule has 21 heavy (non-hydrogen) atoms. The van der Waals surface area contributed by atoms with Gasteiger partial charge in [0.05, 0.1) is 23.5 Å². The van der Waals surface area contributed by atoms with Crippen LogP contribution in [0.5, 0.6) is 0 Å². The Kier molecular flexibility index (Phi) is 3.56. The fourth-order valence-electron chi connectivity index (χ4n) is 2.41. The van der Waals surface area contributed by atoms with Gasteiger partial charge in [0.25, 0.3) is 0 Å². The quantitative estimate of drug-likeness (QED) is 0.891. The number of rotatable bonds is 2. The Morgan fingerprint density at radius 2 is 1.71 bits per heavy atom. The number of hydrogen-bond acceptors (Lipinski definition) is 6. The van der Waals surface area contributed by atoms with E-state index in [0.717, 1.165) is 37.8 Å². The topological polar surface area (TPSA) is 82.1 Å². The molecule has 0 unspecified atom stereocenters. The molecule has 0 radical (unpaired) electrons. The highest BCUT2D eigenvalue weighted by Crippen LogP contribution is 2.18. The fourth-order valence-corrected chi connectivity index (χ4v) is 2.41. The van der Waals surface area contributed by atoms with E-state index in [0.29, 0.717) is 11.3 Å². The van der Waals surface area contributed by atoms with Crippen LogP contribution in [-0.4, -0.2) is 36.1 Å². The number of nitriles is 1. The molecule has 3 heterocycles. The molecule has 2 aromatic heterocycles. The summed E-state index contributed by atoms with van der Waals surface area (Å²) >= 11 is 0. The van der Waals surface area contributed by atoms with Crippen LogP contribution < -0.4 is 15.5 Å². The van der Waals surface area contributed by atoms with Crippen molar-refractivity contribution in [3.63, 3.8) is 0 Å². The molecule has 1 saturated heterocycles. The lowest BCUT2D eigenvalue weighted by atomic mass is 10.2. The second kappa shape index (κ2) is 5.67. The van der Waals surface area contributed by atoms with Gasteiger partial charge in [0.1, 0.15) is 11.6 Å². The summed E-state index contributed by atoms with van der Waals surface area (Å²) in [6.45, 7) is 3.45. The minimum Gasteiger partial charge on any atom is -0.397 e. The average molecular weight is 280 g/mol. The Morgan fingerprint density at radius 1 is 1.00 bits per heavy atom. The van der Waals surface area contributed by atoms with Crippen molar-refractivity contribution in [3.05, 3.63) is 42.2 Å². The molecular formula is C15H16N6. The van der Waals surface area contributed by atoms with Crippen LogP contribution in [0, 0.1) is 11.3 Å². The molecule has 1 fully saturated rings. The number of hydrogen-bond donors (Lipinski definition) is 1. The van der Waals surface area contributed by atoms with Crippen LogP contribution in [-0.2, 0) is 0 Å². The molecule has 0 aliphatic carbocycles. The van der Waals surface area contributed by atoms with Crippen molar-refractivity contribution in [1.82, 2.24) is 9.97 Å². The van der Waals surface area contributed by atoms with Crippen LogP contribution in [0.4, 0.5) is 17.3 Å². The first-order valence-corrected chi connectivity index (χ1v) is 6.84. The molecule has 0 atom stereocenters. The van der Waals surface area contributed by atoms with Gasteiger partial charge < -0.3 is 15.5 Å². The third kappa shape index (κ3) is 2.87. The Labute approximate surface area is 123 Å². The number of pyridine rings is 2. The fraction of sp³-hybridized carbons (Fsp3) is 0.267. The van der Waals surface area contributed by atoms with Gasteiger partial charge >= 0.3 is 0 Å². The van der Waals surface area contributed by atoms with Crippen molar-refractivity contribution < 1.29 is 0 Å². The van der Waals surface area contributed by atoms with Crippen LogP contribution in [0.15, 0.2) is 36.7 Å². The van der Waals surface area contributed by atoms with E-state index >= 15 is 0 Å². The zero-order valence-electron chi connectivity index (χ0n) is 11.6. The first-order valence-electron chi connectivity index (χ1n) is 6.84. The van der Waals surface area contributed by atoms with Gasteiger partial charge in [0.2, 0.25) is 0 Å². The zero-order chi connectivity index (χ0) is 14.7. The zero-order valence-corrected chi connectivity index (χ0v) is 11.6. The van der Waals surface area contributed by atoms with Crippen LogP contribution in [0.3, 0.4) is 0 Å². The second-order valence-electron chi connectivity index (χ2n) is 4.94. The summed E-state index contributed by atoms with van der Waals surface area (Å²) in [4.78, 5) is 13.1. The predicted molar refractivity (Wildman–Crippen MR) is 82.0 cm³/mol. The van der Waals surface area contributed by atoms with Gasteiger partial charge in [-0.2, -0.15) is 5.26 Å². The van der Waals surface area contributed by atoms with Gasteiger partial charge in [-0.1, -0.05) is 0 Å². The first-order chi connectivity index (χ1) is 10.3. The van der Waals surface area contributed by atoms with Gasteiger partial charge in [-0.15, -0.1) is 0 Å². The molecule has 1 aliphatic heterocycles. The molecule has 0 bridgehead atoms. The van der Waals surface area contributed by atoms with Gasteiger partial charge in [-0.3, -0.25) is 0 Å². The number of nitrogens with two attached hydrogens (primary N) is 1. The van der Waals surface area contributed by atoms with E-state index in [-0.39, 0.29) is 0 Å². The lowest BCUT2D eigenvalue weighted by Crippen LogP contribution is -2.47. The van der Waals surface area contributed by atoms with Crippen LogP contribution >= 0.6 is 0 Å².